The van der Waals surface area contributed by atoms with Gasteiger partial charge in [0.25, 0.3) is 5.56 Å². The first-order valence-electron chi connectivity index (χ1n) is 11.3. The van der Waals surface area contributed by atoms with E-state index in [9.17, 15) is 14.2 Å². The fourth-order valence-corrected chi connectivity index (χ4v) is 5.55. The maximum absolute atomic E-state index is 13.3. The van der Waals surface area contributed by atoms with Gasteiger partial charge in [-0.05, 0) is 5.92 Å². The van der Waals surface area contributed by atoms with Crippen molar-refractivity contribution in [3.8, 4) is 12.1 Å². The van der Waals surface area contributed by atoms with Crippen LogP contribution in [-0.2, 0) is 29.6 Å². The molecule has 15 heteroatoms. The number of nitrogens with one attached hydrogen (secondary N) is 1. The normalized spacial score (nSPS) is 21.9. The number of aromatic amines is 1. The molecule has 1 fully saturated rings. The average molecular weight is 521 g/mol. The minimum absolute atomic E-state index is 0.00433. The van der Waals surface area contributed by atoms with Crippen LogP contribution in [0.3, 0.4) is 0 Å². The Hall–Kier alpha value is -3.13. The second-order valence-electron chi connectivity index (χ2n) is 8.38. The molecule has 0 aromatic carbocycles. The quantitative estimate of drug-likeness (QED) is 0.306. The molecule has 2 aromatic heterocycles. The van der Waals surface area contributed by atoms with E-state index in [0.717, 1.165) is 0 Å². The predicted molar refractivity (Wildman–Crippen MR) is 124 cm³/mol. The summed E-state index contributed by atoms with van der Waals surface area (Å²) >= 11 is 0. The van der Waals surface area contributed by atoms with Gasteiger partial charge in [-0.2, -0.15) is 10.5 Å². The van der Waals surface area contributed by atoms with Crippen molar-refractivity contribution >= 4 is 13.0 Å². The Labute approximate surface area is 206 Å². The van der Waals surface area contributed by atoms with Crippen molar-refractivity contribution in [2.24, 2.45) is 11.8 Å². The maximum Gasteiger partial charge on any atom is 0.383 e. The molecular weight excluding hydrogens is 493 g/mol. The van der Waals surface area contributed by atoms with Crippen molar-refractivity contribution in [1.82, 2.24) is 24.5 Å². The summed E-state index contributed by atoms with van der Waals surface area (Å²) < 4.78 is 38.6. The summed E-state index contributed by atoms with van der Waals surface area (Å²) in [6, 6.07) is 5.02. The molecule has 4 unspecified atom stereocenters. The predicted octanol–water partition coefficient (Wildman–Crippen LogP) is 0.692. The van der Waals surface area contributed by atoms with Gasteiger partial charge in [0.1, 0.15) is 6.10 Å². The van der Waals surface area contributed by atoms with E-state index < -0.39 is 37.3 Å². The van der Waals surface area contributed by atoms with Gasteiger partial charge in [0, 0.05) is 25.3 Å². The number of methoxy groups -OCH3 is 1. The molecular formula is C21H28N7O7P. The molecule has 1 saturated heterocycles. The summed E-state index contributed by atoms with van der Waals surface area (Å²) in [6.45, 7) is 3.90. The highest BCUT2D eigenvalue weighted by molar-refractivity contribution is 7.61. The third-order valence-corrected chi connectivity index (χ3v) is 7.51. The first kappa shape index (κ1) is 27.5. The molecule has 0 radical (unpaired) electrons. The summed E-state index contributed by atoms with van der Waals surface area (Å²) in [4.78, 5) is 26.1. The lowest BCUT2D eigenvalue weighted by atomic mass is 9.86. The zero-order chi connectivity index (χ0) is 26.3. The van der Waals surface area contributed by atoms with Crippen LogP contribution in [0.1, 0.15) is 32.9 Å². The van der Waals surface area contributed by atoms with Crippen LogP contribution < -0.4 is 16.7 Å². The molecule has 1 N–H and O–H groups in total. The van der Waals surface area contributed by atoms with Crippen molar-refractivity contribution in [1.29, 1.82) is 10.5 Å². The fraction of sp³-hybridized carbons (Fsp3) is 0.619. The Morgan fingerprint density at radius 3 is 2.44 bits per heavy atom. The fourth-order valence-electron chi connectivity index (χ4n) is 4.13. The third kappa shape index (κ3) is 6.16. The van der Waals surface area contributed by atoms with E-state index in [0.29, 0.717) is 0 Å². The third-order valence-electron chi connectivity index (χ3n) is 5.70. The Morgan fingerprint density at radius 1 is 1.22 bits per heavy atom. The summed E-state index contributed by atoms with van der Waals surface area (Å²) in [5.41, 5.74) is -1.20. The van der Waals surface area contributed by atoms with Crippen LogP contribution in [0.25, 0.3) is 0 Å². The number of aromatic nitrogens is 5. The Kier molecular flexibility index (Phi) is 9.31. The molecule has 14 nitrogen and oxygen atoms in total. The molecule has 0 spiro atoms. The van der Waals surface area contributed by atoms with Crippen LogP contribution in [0.2, 0.25) is 0 Å². The number of hydrogen-bond donors (Lipinski definition) is 1. The highest BCUT2D eigenvalue weighted by Crippen LogP contribution is 2.46. The standard InChI is InChI=1S/C21H28N7O7P/c1-14(2)18-15(35-20(19(18)32-3)28-9-6-16(29)24-21(28)30)12-27-13-17(25-26-27)36(31,33-10-4-7-22)34-11-5-8-23/h6,9,13-15,18-20H,4-5,10-12H2,1-3H3,(H,24,29,30). The minimum Gasteiger partial charge on any atom is -0.376 e. The summed E-state index contributed by atoms with van der Waals surface area (Å²) in [5.74, 6) is -0.0850. The van der Waals surface area contributed by atoms with Crippen LogP contribution >= 0.6 is 7.60 Å². The number of hydrogen-bond acceptors (Lipinski definition) is 11. The number of H-pyrrole nitrogens is 1. The monoisotopic (exact) mass is 521 g/mol. The topological polar surface area (TPSA) is 187 Å². The van der Waals surface area contributed by atoms with Crippen LogP contribution in [-0.4, -0.2) is 57.1 Å². The first-order valence-corrected chi connectivity index (χ1v) is 12.8. The minimum atomic E-state index is -3.92. The van der Waals surface area contributed by atoms with E-state index in [1.54, 1.807) is 0 Å². The number of ether oxygens (including phenoxy) is 2. The Morgan fingerprint density at radius 2 is 1.89 bits per heavy atom. The molecule has 0 amide bonds. The van der Waals surface area contributed by atoms with Crippen LogP contribution in [0.5, 0.6) is 0 Å². The van der Waals surface area contributed by atoms with Crippen LogP contribution in [0.4, 0.5) is 0 Å². The molecule has 1 aliphatic rings. The summed E-state index contributed by atoms with van der Waals surface area (Å²) in [6.07, 6.45) is 0.975. The van der Waals surface area contributed by atoms with E-state index >= 15 is 0 Å². The van der Waals surface area contributed by atoms with E-state index in [-0.39, 0.29) is 49.9 Å². The van der Waals surface area contributed by atoms with Gasteiger partial charge in [0.2, 0.25) is 0 Å². The van der Waals surface area contributed by atoms with Crippen molar-refractivity contribution < 1.29 is 23.1 Å². The van der Waals surface area contributed by atoms with Gasteiger partial charge >= 0.3 is 13.3 Å². The molecule has 3 heterocycles. The molecule has 2 aromatic rings. The van der Waals surface area contributed by atoms with Crippen molar-refractivity contribution in [2.75, 3.05) is 20.3 Å². The Balaban J connectivity index is 1.85. The van der Waals surface area contributed by atoms with Crippen LogP contribution in [0.15, 0.2) is 28.0 Å². The van der Waals surface area contributed by atoms with Gasteiger partial charge in [-0.3, -0.25) is 18.9 Å². The van der Waals surface area contributed by atoms with Gasteiger partial charge < -0.3 is 18.5 Å². The summed E-state index contributed by atoms with van der Waals surface area (Å²) in [7, 11) is -2.40. The van der Waals surface area contributed by atoms with Crippen molar-refractivity contribution in [3.63, 3.8) is 0 Å². The maximum atomic E-state index is 13.3. The molecule has 0 saturated carbocycles. The van der Waals surface area contributed by atoms with Gasteiger partial charge in [-0.1, -0.05) is 19.1 Å². The zero-order valence-corrected chi connectivity index (χ0v) is 21.0. The molecule has 0 aliphatic carbocycles. The molecule has 36 heavy (non-hydrogen) atoms. The first-order chi connectivity index (χ1) is 17.2. The molecule has 1 aliphatic heterocycles. The zero-order valence-electron chi connectivity index (χ0n) is 20.1. The van der Waals surface area contributed by atoms with Gasteiger partial charge in [-0.15, -0.1) is 5.10 Å². The number of nitrogens with zero attached hydrogens (tertiary/aromatic N) is 6. The van der Waals surface area contributed by atoms with E-state index in [2.05, 4.69) is 15.3 Å². The largest absolute Gasteiger partial charge is 0.383 e. The smallest absolute Gasteiger partial charge is 0.376 e. The average Bonchev–Trinajstić information content (AvgIpc) is 3.45. The molecule has 194 valence electrons. The SMILES string of the molecule is COC1C(C(C)C)C(Cn2cc(P(=O)(OCCC#N)OCCC#N)nn2)OC1n1ccc(=O)[nH]c1=O. The Bertz CT molecular complexity index is 1250. The van der Waals surface area contributed by atoms with Crippen molar-refractivity contribution in [2.45, 2.75) is 51.7 Å². The van der Waals surface area contributed by atoms with E-state index in [4.69, 9.17) is 29.0 Å². The molecule has 4 atom stereocenters. The van der Waals surface area contributed by atoms with Gasteiger partial charge in [0.05, 0.1) is 57.0 Å². The molecule has 3 rings (SSSR count). The van der Waals surface area contributed by atoms with Crippen molar-refractivity contribution in [3.05, 3.63) is 39.3 Å². The lowest BCUT2D eigenvalue weighted by Crippen LogP contribution is -2.38. The second-order valence-corrected chi connectivity index (χ2v) is 10.4. The highest BCUT2D eigenvalue weighted by Gasteiger charge is 2.47. The van der Waals surface area contributed by atoms with E-state index in [1.807, 2.05) is 26.0 Å². The lowest BCUT2D eigenvalue weighted by Gasteiger charge is -2.26. The van der Waals surface area contributed by atoms with E-state index in [1.165, 1.54) is 34.8 Å². The second kappa shape index (κ2) is 12.2. The number of rotatable bonds is 12. The summed E-state index contributed by atoms with van der Waals surface area (Å²) in [5, 5.41) is 25.5. The molecule has 0 bridgehead atoms. The number of nitriles is 2. The highest BCUT2D eigenvalue weighted by atomic mass is 31.2. The lowest BCUT2D eigenvalue weighted by molar-refractivity contribution is -0.0562. The van der Waals surface area contributed by atoms with Gasteiger partial charge in [0.15, 0.2) is 11.7 Å². The van der Waals surface area contributed by atoms with Crippen LogP contribution in [0, 0.1) is 34.5 Å². The van der Waals surface area contributed by atoms with Gasteiger partial charge in [-0.25, -0.2) is 9.48 Å².